The van der Waals surface area contributed by atoms with Crippen molar-refractivity contribution in [2.45, 2.75) is 51.8 Å². The number of nitrogens with zero attached hydrogens (tertiary/aromatic N) is 3. The van der Waals surface area contributed by atoms with Crippen molar-refractivity contribution in [3.8, 4) is 0 Å². The van der Waals surface area contributed by atoms with E-state index in [-0.39, 0.29) is 5.54 Å². The standard InChI is InChI=1S/C17H27N3O/c1-14-11-20(17(2,3)13-21-14)12-15-6-7-16(18-10-15)19-8-4-5-9-19/h6-7,10,14H,4-5,8-9,11-13H2,1-3H3/t14-/m1/s1. The lowest BCUT2D eigenvalue weighted by molar-refractivity contribution is -0.0949. The summed E-state index contributed by atoms with van der Waals surface area (Å²) in [5.41, 5.74) is 1.39. The van der Waals surface area contributed by atoms with E-state index in [1.807, 2.05) is 6.20 Å². The van der Waals surface area contributed by atoms with Crippen LogP contribution in [0.1, 0.15) is 39.2 Å². The second-order valence-corrected chi connectivity index (χ2v) is 7.03. The molecule has 3 rings (SSSR count). The average molecular weight is 289 g/mol. The van der Waals surface area contributed by atoms with Gasteiger partial charge in [0.2, 0.25) is 0 Å². The van der Waals surface area contributed by atoms with Gasteiger partial charge in [0, 0.05) is 37.9 Å². The van der Waals surface area contributed by atoms with Gasteiger partial charge in [-0.1, -0.05) is 6.07 Å². The van der Waals surface area contributed by atoms with Crippen LogP contribution in [0.3, 0.4) is 0 Å². The lowest BCUT2D eigenvalue weighted by Crippen LogP contribution is -2.54. The number of morpholine rings is 1. The van der Waals surface area contributed by atoms with Gasteiger partial charge in [0.05, 0.1) is 12.7 Å². The van der Waals surface area contributed by atoms with Gasteiger partial charge in [-0.05, 0) is 45.2 Å². The van der Waals surface area contributed by atoms with E-state index >= 15 is 0 Å². The maximum absolute atomic E-state index is 5.78. The minimum Gasteiger partial charge on any atom is -0.375 e. The molecule has 0 amide bonds. The zero-order valence-electron chi connectivity index (χ0n) is 13.5. The summed E-state index contributed by atoms with van der Waals surface area (Å²) >= 11 is 0. The lowest BCUT2D eigenvalue weighted by Gasteiger charge is -2.44. The molecule has 3 heterocycles. The number of aromatic nitrogens is 1. The highest BCUT2D eigenvalue weighted by Gasteiger charge is 2.33. The summed E-state index contributed by atoms with van der Waals surface area (Å²) < 4.78 is 5.78. The van der Waals surface area contributed by atoms with E-state index in [1.165, 1.54) is 18.4 Å². The van der Waals surface area contributed by atoms with Crippen molar-refractivity contribution in [2.24, 2.45) is 0 Å². The molecular formula is C17H27N3O. The van der Waals surface area contributed by atoms with Crippen LogP contribution < -0.4 is 4.90 Å². The van der Waals surface area contributed by atoms with E-state index in [4.69, 9.17) is 4.74 Å². The predicted molar refractivity (Wildman–Crippen MR) is 85.6 cm³/mol. The first-order valence-electron chi connectivity index (χ1n) is 8.11. The minimum atomic E-state index is 0.0974. The number of hydrogen-bond acceptors (Lipinski definition) is 4. The second-order valence-electron chi connectivity index (χ2n) is 7.03. The van der Waals surface area contributed by atoms with Crippen LogP contribution in [-0.4, -0.2) is 47.8 Å². The Morgan fingerprint density at radius 3 is 2.71 bits per heavy atom. The molecule has 0 N–H and O–H groups in total. The van der Waals surface area contributed by atoms with Crippen molar-refractivity contribution < 1.29 is 4.74 Å². The Balaban J connectivity index is 1.66. The normalized spacial score (nSPS) is 26.2. The number of anilines is 1. The van der Waals surface area contributed by atoms with E-state index in [2.05, 4.69) is 47.7 Å². The minimum absolute atomic E-state index is 0.0974. The number of ether oxygens (including phenoxy) is 1. The largest absolute Gasteiger partial charge is 0.375 e. The SMILES string of the molecule is C[C@@H]1CN(Cc2ccc(N3CCCC3)nc2)C(C)(C)CO1. The van der Waals surface area contributed by atoms with E-state index < -0.39 is 0 Å². The van der Waals surface area contributed by atoms with Crippen LogP contribution >= 0.6 is 0 Å². The van der Waals surface area contributed by atoms with Gasteiger partial charge >= 0.3 is 0 Å². The van der Waals surface area contributed by atoms with Gasteiger partial charge in [-0.25, -0.2) is 4.98 Å². The van der Waals surface area contributed by atoms with Crippen LogP contribution in [0, 0.1) is 0 Å². The van der Waals surface area contributed by atoms with Gasteiger partial charge in [0.25, 0.3) is 0 Å². The highest BCUT2D eigenvalue weighted by atomic mass is 16.5. The van der Waals surface area contributed by atoms with E-state index in [1.54, 1.807) is 0 Å². The number of hydrogen-bond donors (Lipinski definition) is 0. The first-order chi connectivity index (χ1) is 10.0. The molecule has 0 aliphatic carbocycles. The third kappa shape index (κ3) is 3.38. The van der Waals surface area contributed by atoms with Crippen LogP contribution in [0.5, 0.6) is 0 Å². The highest BCUT2D eigenvalue weighted by molar-refractivity contribution is 5.40. The van der Waals surface area contributed by atoms with Crippen molar-refractivity contribution in [2.75, 3.05) is 31.1 Å². The fourth-order valence-electron chi connectivity index (χ4n) is 3.19. The molecule has 1 aromatic heterocycles. The summed E-state index contributed by atoms with van der Waals surface area (Å²) in [5.74, 6) is 1.13. The van der Waals surface area contributed by atoms with Crippen molar-refractivity contribution in [3.05, 3.63) is 23.9 Å². The first kappa shape index (κ1) is 14.8. The molecule has 1 atom stereocenters. The van der Waals surface area contributed by atoms with Crippen molar-refractivity contribution in [3.63, 3.8) is 0 Å². The Morgan fingerprint density at radius 2 is 2.05 bits per heavy atom. The van der Waals surface area contributed by atoms with Gasteiger partial charge in [-0.2, -0.15) is 0 Å². The molecule has 0 saturated carbocycles. The summed E-state index contributed by atoms with van der Waals surface area (Å²) in [4.78, 5) is 9.55. The van der Waals surface area contributed by atoms with Gasteiger partial charge < -0.3 is 9.64 Å². The van der Waals surface area contributed by atoms with Gasteiger partial charge in [-0.3, -0.25) is 4.90 Å². The van der Waals surface area contributed by atoms with Crippen LogP contribution in [0.15, 0.2) is 18.3 Å². The average Bonchev–Trinajstić information content (AvgIpc) is 2.98. The van der Waals surface area contributed by atoms with Gasteiger partial charge in [0.1, 0.15) is 5.82 Å². The third-order valence-corrected chi connectivity index (χ3v) is 4.67. The van der Waals surface area contributed by atoms with Crippen molar-refractivity contribution in [1.29, 1.82) is 0 Å². The summed E-state index contributed by atoms with van der Waals surface area (Å²) in [6, 6.07) is 4.41. The molecule has 1 aromatic rings. The second kappa shape index (κ2) is 5.93. The predicted octanol–water partition coefficient (Wildman–Crippen LogP) is 2.68. The van der Waals surface area contributed by atoms with E-state index in [0.717, 1.165) is 38.6 Å². The molecule has 4 heteroatoms. The number of pyridine rings is 1. The molecule has 0 bridgehead atoms. The maximum atomic E-state index is 5.78. The molecule has 0 aromatic carbocycles. The van der Waals surface area contributed by atoms with E-state index in [9.17, 15) is 0 Å². The summed E-state index contributed by atoms with van der Waals surface area (Å²) in [7, 11) is 0. The molecule has 0 spiro atoms. The molecule has 21 heavy (non-hydrogen) atoms. The zero-order valence-corrected chi connectivity index (χ0v) is 13.5. The Morgan fingerprint density at radius 1 is 1.29 bits per heavy atom. The first-order valence-corrected chi connectivity index (χ1v) is 8.11. The molecule has 2 saturated heterocycles. The highest BCUT2D eigenvalue weighted by Crippen LogP contribution is 2.25. The molecular weight excluding hydrogens is 262 g/mol. The van der Waals surface area contributed by atoms with Crippen LogP contribution in [0.4, 0.5) is 5.82 Å². The quantitative estimate of drug-likeness (QED) is 0.855. The van der Waals surface area contributed by atoms with Crippen LogP contribution in [-0.2, 0) is 11.3 Å². The topological polar surface area (TPSA) is 28.6 Å². The molecule has 116 valence electrons. The van der Waals surface area contributed by atoms with Crippen LogP contribution in [0.25, 0.3) is 0 Å². The molecule has 2 aliphatic heterocycles. The summed E-state index contributed by atoms with van der Waals surface area (Å²) in [6.45, 7) is 11.7. The van der Waals surface area contributed by atoms with Gasteiger partial charge in [0.15, 0.2) is 0 Å². The van der Waals surface area contributed by atoms with Gasteiger partial charge in [-0.15, -0.1) is 0 Å². The molecule has 0 radical (unpaired) electrons. The molecule has 4 nitrogen and oxygen atoms in total. The Labute approximate surface area is 128 Å². The Bertz CT molecular complexity index is 465. The lowest BCUT2D eigenvalue weighted by atomic mass is 10.00. The summed E-state index contributed by atoms with van der Waals surface area (Å²) in [5, 5.41) is 0. The van der Waals surface area contributed by atoms with E-state index in [0.29, 0.717) is 6.10 Å². The smallest absolute Gasteiger partial charge is 0.128 e. The summed E-state index contributed by atoms with van der Waals surface area (Å²) in [6.07, 6.45) is 4.95. The van der Waals surface area contributed by atoms with Crippen molar-refractivity contribution in [1.82, 2.24) is 9.88 Å². The Kier molecular flexibility index (Phi) is 4.18. The molecule has 0 unspecified atom stereocenters. The molecule has 2 fully saturated rings. The third-order valence-electron chi connectivity index (χ3n) is 4.67. The Hall–Kier alpha value is -1.13. The fourth-order valence-corrected chi connectivity index (χ4v) is 3.19. The monoisotopic (exact) mass is 289 g/mol. The van der Waals surface area contributed by atoms with Crippen LogP contribution in [0.2, 0.25) is 0 Å². The fraction of sp³-hybridized carbons (Fsp3) is 0.706. The zero-order chi connectivity index (χ0) is 14.9. The maximum Gasteiger partial charge on any atom is 0.128 e. The number of rotatable bonds is 3. The van der Waals surface area contributed by atoms with Crippen molar-refractivity contribution >= 4 is 5.82 Å². The molecule has 2 aliphatic rings.